The van der Waals surface area contributed by atoms with Crippen molar-refractivity contribution < 1.29 is 4.42 Å². The van der Waals surface area contributed by atoms with Crippen molar-refractivity contribution in [3.63, 3.8) is 0 Å². The van der Waals surface area contributed by atoms with Gasteiger partial charge in [0.05, 0.1) is 34.8 Å². The Morgan fingerprint density at radius 3 is 1.87 bits per heavy atom. The van der Waals surface area contributed by atoms with Crippen molar-refractivity contribution in [2.75, 3.05) is 0 Å². The first kappa shape index (κ1) is 25.6. The van der Waals surface area contributed by atoms with Crippen LogP contribution in [0.3, 0.4) is 0 Å². The summed E-state index contributed by atoms with van der Waals surface area (Å²) < 4.78 is 10.8. The number of hydrogen-bond acceptors (Lipinski definition) is 3. The first-order chi connectivity index (χ1) is 23.2. The van der Waals surface area contributed by atoms with Gasteiger partial charge in [-0.3, -0.25) is 0 Å². The lowest BCUT2D eigenvalue weighted by molar-refractivity contribution is 0.666. The Balaban J connectivity index is 1.14. The Bertz CT molecular complexity index is 2880. The lowest BCUT2D eigenvalue weighted by Gasteiger charge is -2.10. The lowest BCUT2D eigenvalue weighted by atomic mass is 10.1. The van der Waals surface area contributed by atoms with Crippen LogP contribution in [0, 0.1) is 6.57 Å². The van der Waals surface area contributed by atoms with E-state index in [1.54, 1.807) is 6.20 Å². The highest BCUT2D eigenvalue weighted by molar-refractivity contribution is 6.11. The zero-order valence-electron chi connectivity index (χ0n) is 24.9. The predicted octanol–water partition coefficient (Wildman–Crippen LogP) is 10.8. The summed E-state index contributed by atoms with van der Waals surface area (Å²) in [7, 11) is 0. The minimum atomic E-state index is 0.628. The van der Waals surface area contributed by atoms with E-state index in [1.165, 1.54) is 10.8 Å². The van der Waals surface area contributed by atoms with Gasteiger partial charge in [0.25, 0.3) is 0 Å². The number of furan rings is 1. The molecule has 6 heteroatoms. The molecule has 0 atom stereocenters. The van der Waals surface area contributed by atoms with Crippen LogP contribution in [0.25, 0.3) is 93.3 Å². The molecule has 0 radical (unpaired) electrons. The number of aromatic nitrogens is 4. The summed E-state index contributed by atoms with van der Waals surface area (Å²) in [6.07, 6.45) is 1.77. The second-order valence-corrected chi connectivity index (χ2v) is 11.8. The van der Waals surface area contributed by atoms with Gasteiger partial charge < -0.3 is 13.6 Å². The highest BCUT2D eigenvalue weighted by atomic mass is 16.3. The summed E-state index contributed by atoms with van der Waals surface area (Å²) in [6, 6.07) is 45.9. The van der Waals surface area contributed by atoms with Gasteiger partial charge >= 0.3 is 0 Å². The number of fused-ring (bicyclic) bond motifs is 9. The van der Waals surface area contributed by atoms with E-state index in [0.717, 1.165) is 66.3 Å². The molecule has 6 aromatic carbocycles. The fraction of sp³-hybridized carbons (Fsp3) is 0. The molecule has 0 spiro atoms. The van der Waals surface area contributed by atoms with Crippen molar-refractivity contribution in [3.8, 4) is 22.8 Å². The Morgan fingerprint density at radius 2 is 1.17 bits per heavy atom. The molecule has 4 heterocycles. The first-order valence-corrected chi connectivity index (χ1v) is 15.4. The Labute approximate surface area is 268 Å². The van der Waals surface area contributed by atoms with Gasteiger partial charge in [-0.15, -0.1) is 0 Å². The van der Waals surface area contributed by atoms with Crippen molar-refractivity contribution in [1.29, 1.82) is 0 Å². The summed E-state index contributed by atoms with van der Waals surface area (Å²) >= 11 is 0. The van der Waals surface area contributed by atoms with Crippen molar-refractivity contribution in [2.24, 2.45) is 0 Å². The molecule has 0 aliphatic heterocycles. The van der Waals surface area contributed by atoms with Crippen LogP contribution in [0.15, 0.2) is 144 Å². The molecule has 0 bridgehead atoms. The van der Waals surface area contributed by atoms with Crippen LogP contribution in [0.1, 0.15) is 0 Å². The molecule has 0 fully saturated rings. The molecule has 0 amide bonds. The maximum atomic E-state index is 7.53. The molecular weight excluding hydrogens is 578 g/mol. The maximum Gasteiger partial charge on any atom is 0.188 e. The van der Waals surface area contributed by atoms with E-state index in [2.05, 4.69) is 111 Å². The second kappa shape index (κ2) is 9.64. The topological polar surface area (TPSA) is 53.1 Å². The van der Waals surface area contributed by atoms with E-state index >= 15 is 0 Å². The summed E-state index contributed by atoms with van der Waals surface area (Å²) in [5, 5.41) is 5.53. The van der Waals surface area contributed by atoms with E-state index in [4.69, 9.17) is 21.0 Å². The van der Waals surface area contributed by atoms with Crippen molar-refractivity contribution in [3.05, 3.63) is 151 Å². The summed E-state index contributed by atoms with van der Waals surface area (Å²) in [4.78, 5) is 13.5. The first-order valence-electron chi connectivity index (χ1n) is 15.4. The molecular formula is C41H23N5O. The van der Waals surface area contributed by atoms with Crippen molar-refractivity contribution in [2.45, 2.75) is 0 Å². The largest absolute Gasteiger partial charge is 0.453 e. The van der Waals surface area contributed by atoms with Crippen LogP contribution in [0.4, 0.5) is 5.69 Å². The second-order valence-electron chi connectivity index (χ2n) is 11.8. The van der Waals surface area contributed by atoms with Gasteiger partial charge in [-0.25, -0.2) is 14.8 Å². The zero-order chi connectivity index (χ0) is 31.1. The minimum Gasteiger partial charge on any atom is -0.453 e. The van der Waals surface area contributed by atoms with Crippen LogP contribution in [-0.4, -0.2) is 19.1 Å². The normalized spacial score (nSPS) is 11.8. The smallest absolute Gasteiger partial charge is 0.188 e. The molecule has 0 aliphatic rings. The minimum absolute atomic E-state index is 0.628. The fourth-order valence-electron chi connectivity index (χ4n) is 7.12. The van der Waals surface area contributed by atoms with Gasteiger partial charge in [0, 0.05) is 38.5 Å². The summed E-state index contributed by atoms with van der Waals surface area (Å²) in [6.45, 7) is 7.53. The molecule has 6 nitrogen and oxygen atoms in total. The van der Waals surface area contributed by atoms with Crippen LogP contribution in [0.5, 0.6) is 0 Å². The Morgan fingerprint density at radius 1 is 0.532 bits per heavy atom. The summed E-state index contributed by atoms with van der Waals surface area (Å²) in [5.41, 5.74) is 10.2. The molecule has 10 aromatic rings. The van der Waals surface area contributed by atoms with Gasteiger partial charge in [-0.1, -0.05) is 72.8 Å². The molecule has 4 aromatic heterocycles. The Hall–Kier alpha value is -6.71. The van der Waals surface area contributed by atoms with Crippen molar-refractivity contribution in [1.82, 2.24) is 19.1 Å². The Kier molecular flexibility index (Phi) is 5.25. The van der Waals surface area contributed by atoms with Crippen LogP contribution < -0.4 is 0 Å². The standard InChI is InChI=1S/C41H23N5O/c1-42-26-17-19-37-32(22-26)31-13-4-7-16-36(31)46(37)28-18-20-38-33(23-28)40-39(47-38)24-43-41(44-40)25-9-8-10-27(21-25)45-34-14-5-2-11-29(34)30-12-3-6-15-35(30)45/h2-24H. The lowest BCUT2D eigenvalue weighted by Crippen LogP contribution is -1.95. The highest BCUT2D eigenvalue weighted by Gasteiger charge is 2.17. The highest BCUT2D eigenvalue weighted by Crippen LogP contribution is 2.37. The van der Waals surface area contributed by atoms with Crippen LogP contribution in [-0.2, 0) is 0 Å². The molecule has 0 saturated heterocycles. The van der Waals surface area contributed by atoms with E-state index < -0.39 is 0 Å². The number of para-hydroxylation sites is 3. The van der Waals surface area contributed by atoms with Crippen LogP contribution in [0.2, 0.25) is 0 Å². The van der Waals surface area contributed by atoms with Gasteiger partial charge in [-0.05, 0) is 66.0 Å². The van der Waals surface area contributed by atoms with E-state index in [9.17, 15) is 0 Å². The number of nitrogens with zero attached hydrogens (tertiary/aromatic N) is 5. The number of benzene rings is 6. The monoisotopic (exact) mass is 601 g/mol. The van der Waals surface area contributed by atoms with Crippen molar-refractivity contribution >= 4 is 71.4 Å². The van der Waals surface area contributed by atoms with E-state index in [0.29, 0.717) is 17.1 Å². The van der Waals surface area contributed by atoms with Gasteiger partial charge in [0.1, 0.15) is 11.1 Å². The number of hydrogen-bond donors (Lipinski definition) is 0. The SMILES string of the molecule is [C-]#[N+]c1ccc2c(c1)c1ccccc1n2-c1ccc2oc3cnc(-c4cccc(-n5c6ccccc6c6ccccc65)c4)nc3c2c1. The molecule has 0 saturated carbocycles. The van der Waals surface area contributed by atoms with E-state index in [1.807, 2.05) is 36.4 Å². The fourth-order valence-corrected chi connectivity index (χ4v) is 7.12. The van der Waals surface area contributed by atoms with Gasteiger partial charge in [0.2, 0.25) is 0 Å². The third-order valence-corrected chi connectivity index (χ3v) is 9.18. The quantitative estimate of drug-likeness (QED) is 0.189. The third-order valence-electron chi connectivity index (χ3n) is 9.18. The third kappa shape index (κ3) is 3.71. The van der Waals surface area contributed by atoms with Crippen LogP contribution >= 0.6 is 0 Å². The molecule has 10 rings (SSSR count). The van der Waals surface area contributed by atoms with Gasteiger partial charge in [0.15, 0.2) is 17.1 Å². The number of rotatable bonds is 3. The van der Waals surface area contributed by atoms with Gasteiger partial charge in [-0.2, -0.15) is 0 Å². The predicted molar refractivity (Wildman–Crippen MR) is 190 cm³/mol. The molecule has 0 aliphatic carbocycles. The molecule has 218 valence electrons. The average molecular weight is 602 g/mol. The van der Waals surface area contributed by atoms with E-state index in [-0.39, 0.29) is 0 Å². The molecule has 47 heavy (non-hydrogen) atoms. The maximum absolute atomic E-state index is 7.53. The zero-order valence-corrected chi connectivity index (χ0v) is 24.9. The molecule has 0 N–H and O–H groups in total. The average Bonchev–Trinajstić information content (AvgIpc) is 3.78. The summed E-state index contributed by atoms with van der Waals surface area (Å²) in [5.74, 6) is 0.636. The molecule has 0 unspecified atom stereocenters.